The van der Waals surface area contributed by atoms with Crippen molar-refractivity contribution in [3.05, 3.63) is 96.6 Å². The smallest absolute Gasteiger partial charge is 0.333 e. The number of carbonyl (C=O) groups is 4. The molecule has 0 amide bonds. The van der Waals surface area contributed by atoms with Crippen LogP contribution in [0.1, 0.15) is 71.4 Å². The van der Waals surface area contributed by atoms with Gasteiger partial charge >= 0.3 is 23.9 Å². The van der Waals surface area contributed by atoms with E-state index < -0.39 is 11.9 Å². The minimum atomic E-state index is -0.494. The molecule has 10 heteroatoms. The highest BCUT2D eigenvalue weighted by Crippen LogP contribution is 2.15. The summed E-state index contributed by atoms with van der Waals surface area (Å²) in [6.07, 6.45) is 10.1. The molecule has 0 aromatic heterocycles. The van der Waals surface area contributed by atoms with Crippen LogP contribution in [0.5, 0.6) is 11.5 Å². The normalized spacial score (nSPS) is 10.9. The molecule has 2 rings (SSSR count). The lowest BCUT2D eigenvalue weighted by molar-refractivity contribution is -0.141. The van der Waals surface area contributed by atoms with Crippen molar-refractivity contribution in [3.63, 3.8) is 0 Å². The van der Waals surface area contributed by atoms with Crippen molar-refractivity contribution in [2.24, 2.45) is 11.8 Å². The lowest BCUT2D eigenvalue weighted by Crippen LogP contribution is -2.11. The zero-order valence-electron chi connectivity index (χ0n) is 30.7. The molecule has 0 bridgehead atoms. The van der Waals surface area contributed by atoms with E-state index in [4.69, 9.17) is 28.4 Å². The summed E-state index contributed by atoms with van der Waals surface area (Å²) in [5, 5.41) is 0. The monoisotopic (exact) mass is 706 g/mol. The summed E-state index contributed by atoms with van der Waals surface area (Å²) in [5.74, 6) is 0.361. The van der Waals surface area contributed by atoms with Gasteiger partial charge in [0.05, 0.1) is 26.4 Å². The molecular formula is C41H54O10. The molecule has 0 aliphatic heterocycles. The highest BCUT2D eigenvalue weighted by Gasteiger charge is 2.08. The Morgan fingerprint density at radius 2 is 1.08 bits per heavy atom. The van der Waals surface area contributed by atoms with Crippen molar-refractivity contribution in [2.45, 2.75) is 60.3 Å². The van der Waals surface area contributed by atoms with Crippen LogP contribution in [0, 0.1) is 11.8 Å². The lowest BCUT2D eigenvalue weighted by Gasteiger charge is -2.06. The maximum Gasteiger partial charge on any atom is 0.333 e. The number of ether oxygens (including phenoxy) is 6. The van der Waals surface area contributed by atoms with Crippen molar-refractivity contribution >= 4 is 36.0 Å². The highest BCUT2D eigenvalue weighted by molar-refractivity contribution is 5.87. The van der Waals surface area contributed by atoms with E-state index in [2.05, 4.69) is 40.9 Å². The zero-order valence-corrected chi connectivity index (χ0v) is 30.7. The van der Waals surface area contributed by atoms with Gasteiger partial charge in [0.1, 0.15) is 11.5 Å². The average Bonchev–Trinajstić information content (AvgIpc) is 3.09. The van der Waals surface area contributed by atoms with Crippen molar-refractivity contribution in [2.75, 3.05) is 39.6 Å². The summed E-state index contributed by atoms with van der Waals surface area (Å²) in [6.45, 7) is 19.8. The molecule has 0 saturated heterocycles. The fourth-order valence-electron chi connectivity index (χ4n) is 3.72. The van der Waals surface area contributed by atoms with E-state index in [0.29, 0.717) is 55.0 Å². The van der Waals surface area contributed by atoms with Crippen molar-refractivity contribution in [1.82, 2.24) is 0 Å². The van der Waals surface area contributed by atoms with Crippen LogP contribution in [0.3, 0.4) is 0 Å². The van der Waals surface area contributed by atoms with E-state index in [0.717, 1.165) is 30.4 Å². The maximum absolute atomic E-state index is 11.8. The Labute approximate surface area is 303 Å². The topological polar surface area (TPSA) is 124 Å². The van der Waals surface area contributed by atoms with Gasteiger partial charge in [0.2, 0.25) is 0 Å². The number of hydrogen-bond acceptors (Lipinski definition) is 10. The van der Waals surface area contributed by atoms with E-state index in [1.165, 1.54) is 0 Å². The van der Waals surface area contributed by atoms with E-state index in [1.54, 1.807) is 31.2 Å². The van der Waals surface area contributed by atoms with Gasteiger partial charge in [0, 0.05) is 37.7 Å². The van der Waals surface area contributed by atoms with Crippen LogP contribution in [0.15, 0.2) is 85.5 Å². The minimum Gasteiger partial charge on any atom is -0.463 e. The van der Waals surface area contributed by atoms with Crippen LogP contribution in [-0.2, 0) is 38.1 Å². The number of hydrogen-bond donors (Lipinski definition) is 0. The largest absolute Gasteiger partial charge is 0.463 e. The second kappa shape index (κ2) is 27.0. The summed E-state index contributed by atoms with van der Waals surface area (Å²) >= 11 is 0. The van der Waals surface area contributed by atoms with Crippen LogP contribution in [0.25, 0.3) is 12.2 Å². The third-order valence-electron chi connectivity index (χ3n) is 6.22. The first-order valence-electron chi connectivity index (χ1n) is 17.1. The standard InChI is InChI=1S/C21H28O5.C20H26O5/c1-16(2)15-24-13-5-7-18-9-11-19(12-10-18)26-20(22)8-6-14-25-21(23)17(3)4;1-4-19(21)24-14-6-8-20(22)25-18-11-9-17(10-12-18)7-5-13-23-15-16(2)3/h5,7,9-12,16H,3,6,8,13-15H2,1-2,4H3;4-5,7,9-12,16H,1,6,8,13-15H2,2-3H3/b2*7-5+. The number of rotatable bonds is 22. The highest BCUT2D eigenvalue weighted by atomic mass is 16.5. The molecule has 10 nitrogen and oxygen atoms in total. The lowest BCUT2D eigenvalue weighted by atomic mass is 10.2. The summed E-state index contributed by atoms with van der Waals surface area (Å²) < 4.78 is 31.1. The summed E-state index contributed by atoms with van der Waals surface area (Å²) in [4.78, 5) is 45.5. The van der Waals surface area contributed by atoms with Gasteiger partial charge in [-0.05, 0) is 67.0 Å². The summed E-state index contributed by atoms with van der Waals surface area (Å²) in [5.41, 5.74) is 2.35. The van der Waals surface area contributed by atoms with Crippen molar-refractivity contribution < 1.29 is 47.6 Å². The molecule has 0 fully saturated rings. The van der Waals surface area contributed by atoms with E-state index in [-0.39, 0.29) is 38.0 Å². The van der Waals surface area contributed by atoms with Crippen LogP contribution in [-0.4, -0.2) is 63.5 Å². The Hall–Kier alpha value is -4.80. The number of benzene rings is 2. The molecule has 278 valence electrons. The maximum atomic E-state index is 11.8. The van der Waals surface area contributed by atoms with E-state index >= 15 is 0 Å². The van der Waals surface area contributed by atoms with Crippen LogP contribution >= 0.6 is 0 Å². The Morgan fingerprint density at radius 3 is 1.45 bits per heavy atom. The van der Waals surface area contributed by atoms with Gasteiger partial charge < -0.3 is 28.4 Å². The molecule has 0 heterocycles. The molecule has 0 saturated carbocycles. The van der Waals surface area contributed by atoms with Gasteiger partial charge in [0.15, 0.2) is 0 Å². The molecular weight excluding hydrogens is 652 g/mol. The third kappa shape index (κ3) is 24.1. The molecule has 0 atom stereocenters. The molecule has 0 radical (unpaired) electrons. The summed E-state index contributed by atoms with van der Waals surface area (Å²) in [6, 6.07) is 14.4. The summed E-state index contributed by atoms with van der Waals surface area (Å²) in [7, 11) is 0. The molecule has 0 unspecified atom stereocenters. The predicted molar refractivity (Wildman–Crippen MR) is 199 cm³/mol. The molecule has 2 aromatic carbocycles. The Balaban J connectivity index is 0.000000510. The fourth-order valence-corrected chi connectivity index (χ4v) is 3.72. The molecule has 0 aliphatic rings. The average molecular weight is 707 g/mol. The van der Waals surface area contributed by atoms with Gasteiger partial charge in [-0.15, -0.1) is 0 Å². The zero-order chi connectivity index (χ0) is 37.9. The first-order valence-corrected chi connectivity index (χ1v) is 17.1. The van der Waals surface area contributed by atoms with Gasteiger partial charge in [0.25, 0.3) is 0 Å². The number of esters is 4. The molecule has 0 N–H and O–H groups in total. The quantitative estimate of drug-likeness (QED) is 0.0516. The second-order valence-electron chi connectivity index (χ2n) is 12.2. The fraction of sp³-hybridized carbons (Fsp3) is 0.415. The molecule has 51 heavy (non-hydrogen) atoms. The molecule has 0 spiro atoms. The van der Waals surface area contributed by atoms with Crippen molar-refractivity contribution in [3.8, 4) is 11.5 Å². The van der Waals surface area contributed by atoms with Crippen LogP contribution in [0.4, 0.5) is 0 Å². The third-order valence-corrected chi connectivity index (χ3v) is 6.22. The Morgan fingerprint density at radius 1 is 0.667 bits per heavy atom. The second-order valence-corrected chi connectivity index (χ2v) is 12.2. The van der Waals surface area contributed by atoms with Crippen LogP contribution < -0.4 is 9.47 Å². The molecule has 0 aliphatic carbocycles. The van der Waals surface area contributed by atoms with E-state index in [9.17, 15) is 19.2 Å². The first kappa shape index (κ1) is 44.2. The van der Waals surface area contributed by atoms with Crippen LogP contribution in [0.2, 0.25) is 0 Å². The van der Waals surface area contributed by atoms with Gasteiger partial charge in [-0.2, -0.15) is 0 Å². The van der Waals surface area contributed by atoms with Gasteiger partial charge in [-0.25, -0.2) is 9.59 Å². The Bertz CT molecular complexity index is 1400. The SMILES string of the molecule is C=C(C)C(=O)OCCCC(=O)Oc1ccc(/C=C/COCC(C)C)cc1.C=CC(=O)OCCCC(=O)Oc1ccc(/C=C/COCC(C)C)cc1. The number of carbonyl (C=O) groups excluding carboxylic acids is 4. The van der Waals surface area contributed by atoms with E-state index in [1.807, 2.05) is 48.6 Å². The van der Waals surface area contributed by atoms with Gasteiger partial charge in [-0.3, -0.25) is 9.59 Å². The predicted octanol–water partition coefficient (Wildman–Crippen LogP) is 7.96. The van der Waals surface area contributed by atoms with Gasteiger partial charge in [-0.1, -0.05) is 89.4 Å². The van der Waals surface area contributed by atoms with Crippen molar-refractivity contribution in [1.29, 1.82) is 0 Å². The molecule has 2 aromatic rings. The Kier molecular flexibility index (Phi) is 23.4. The minimum absolute atomic E-state index is 0.169. The first-order chi connectivity index (χ1) is 24.4.